The zero-order chi connectivity index (χ0) is 11.6. The van der Waals surface area contributed by atoms with E-state index in [2.05, 4.69) is 55.6 Å². The first-order valence-corrected chi connectivity index (χ1v) is 6.33. The van der Waals surface area contributed by atoms with Crippen LogP contribution in [0.4, 0.5) is 0 Å². The molecule has 0 radical (unpaired) electrons. The zero-order valence-corrected chi connectivity index (χ0v) is 10.5. The van der Waals surface area contributed by atoms with Crippen LogP contribution in [0.25, 0.3) is 6.08 Å². The second-order valence-electron chi connectivity index (χ2n) is 4.04. The van der Waals surface area contributed by atoms with E-state index in [-0.39, 0.29) is 0 Å². The average Bonchev–Trinajstić information content (AvgIpc) is 2.30. The summed E-state index contributed by atoms with van der Waals surface area (Å²) in [5.41, 5.74) is 2.76. The van der Waals surface area contributed by atoms with Crippen molar-refractivity contribution in [2.45, 2.75) is 33.1 Å². The Hall–Kier alpha value is -1.08. The smallest absolute Gasteiger partial charge is 0.00143 e. The van der Waals surface area contributed by atoms with E-state index in [0.29, 0.717) is 0 Å². The fraction of sp³-hybridized carbons (Fsp3) is 0.467. The molecule has 1 aromatic carbocycles. The lowest BCUT2D eigenvalue weighted by Crippen LogP contribution is -2.12. The Morgan fingerprint density at radius 3 is 2.88 bits per heavy atom. The van der Waals surface area contributed by atoms with Crippen LogP contribution in [0.3, 0.4) is 0 Å². The van der Waals surface area contributed by atoms with Gasteiger partial charge in [0.2, 0.25) is 0 Å². The van der Waals surface area contributed by atoms with Crippen molar-refractivity contribution in [3.05, 3.63) is 41.5 Å². The summed E-state index contributed by atoms with van der Waals surface area (Å²) < 4.78 is 0. The van der Waals surface area contributed by atoms with Gasteiger partial charge >= 0.3 is 0 Å². The molecular formula is C15H23N. The molecule has 1 nitrogen and oxygen atoms in total. The Morgan fingerprint density at radius 2 is 2.12 bits per heavy atom. The van der Waals surface area contributed by atoms with E-state index < -0.39 is 0 Å². The van der Waals surface area contributed by atoms with Gasteiger partial charge in [0.1, 0.15) is 0 Å². The van der Waals surface area contributed by atoms with Crippen LogP contribution in [0.2, 0.25) is 0 Å². The summed E-state index contributed by atoms with van der Waals surface area (Å²) in [6, 6.07) is 8.81. The van der Waals surface area contributed by atoms with E-state index in [9.17, 15) is 0 Å². The number of rotatable bonds is 7. The highest BCUT2D eigenvalue weighted by Crippen LogP contribution is 2.09. The first-order valence-electron chi connectivity index (χ1n) is 6.33. The Balaban J connectivity index is 2.43. The Kier molecular flexibility index (Phi) is 6.59. The van der Waals surface area contributed by atoms with E-state index in [1.165, 1.54) is 24.0 Å². The van der Waals surface area contributed by atoms with Crippen LogP contribution < -0.4 is 5.32 Å². The molecule has 0 unspecified atom stereocenters. The molecule has 0 saturated heterocycles. The van der Waals surface area contributed by atoms with Crippen LogP contribution in [0.5, 0.6) is 0 Å². The lowest BCUT2D eigenvalue weighted by molar-refractivity contribution is 0.727. The second-order valence-corrected chi connectivity index (χ2v) is 4.04. The normalized spacial score (nSPS) is 11.1. The highest BCUT2D eigenvalue weighted by atomic mass is 14.8. The topological polar surface area (TPSA) is 12.0 Å². The maximum atomic E-state index is 3.31. The van der Waals surface area contributed by atoms with Crippen LogP contribution in [0.1, 0.15) is 37.8 Å². The van der Waals surface area contributed by atoms with Crippen LogP contribution in [0, 0.1) is 0 Å². The van der Waals surface area contributed by atoms with E-state index in [0.717, 1.165) is 19.5 Å². The second kappa shape index (κ2) is 8.12. The SMILES string of the molecule is CCCc1cccc(/C=C/CCNCC)c1. The average molecular weight is 217 g/mol. The first kappa shape index (κ1) is 13.0. The van der Waals surface area contributed by atoms with Gasteiger partial charge in [-0.05, 0) is 37.1 Å². The summed E-state index contributed by atoms with van der Waals surface area (Å²) in [5, 5.41) is 3.31. The number of nitrogens with one attached hydrogen (secondary N) is 1. The first-order chi connectivity index (χ1) is 7.86. The molecule has 0 saturated carbocycles. The zero-order valence-electron chi connectivity index (χ0n) is 10.5. The molecule has 0 fully saturated rings. The molecule has 0 aliphatic carbocycles. The van der Waals surface area contributed by atoms with Gasteiger partial charge < -0.3 is 5.32 Å². The third-order valence-corrected chi connectivity index (χ3v) is 2.54. The quantitative estimate of drug-likeness (QED) is 0.687. The minimum atomic E-state index is 1.06. The molecule has 1 N–H and O–H groups in total. The largest absolute Gasteiger partial charge is 0.317 e. The van der Waals surface area contributed by atoms with Gasteiger partial charge in [-0.15, -0.1) is 0 Å². The minimum Gasteiger partial charge on any atom is -0.317 e. The monoisotopic (exact) mass is 217 g/mol. The van der Waals surface area contributed by atoms with E-state index >= 15 is 0 Å². The van der Waals surface area contributed by atoms with Crippen LogP contribution in [-0.4, -0.2) is 13.1 Å². The number of hydrogen-bond donors (Lipinski definition) is 1. The van der Waals surface area contributed by atoms with E-state index in [4.69, 9.17) is 0 Å². The molecule has 0 amide bonds. The van der Waals surface area contributed by atoms with Crippen LogP contribution in [0.15, 0.2) is 30.3 Å². The fourth-order valence-corrected chi connectivity index (χ4v) is 1.72. The maximum Gasteiger partial charge on any atom is -0.00143 e. The van der Waals surface area contributed by atoms with Crippen molar-refractivity contribution in [2.75, 3.05) is 13.1 Å². The number of aryl methyl sites for hydroxylation is 1. The van der Waals surface area contributed by atoms with Gasteiger partial charge in [-0.25, -0.2) is 0 Å². The van der Waals surface area contributed by atoms with Crippen molar-refractivity contribution < 1.29 is 0 Å². The van der Waals surface area contributed by atoms with Gasteiger partial charge in [0.05, 0.1) is 0 Å². The highest BCUT2D eigenvalue weighted by Gasteiger charge is 1.91. The van der Waals surface area contributed by atoms with E-state index in [1.54, 1.807) is 0 Å². The molecule has 0 heterocycles. The third-order valence-electron chi connectivity index (χ3n) is 2.54. The molecule has 1 rings (SSSR count). The summed E-state index contributed by atoms with van der Waals surface area (Å²) in [7, 11) is 0. The lowest BCUT2D eigenvalue weighted by Gasteiger charge is -2.00. The summed E-state index contributed by atoms with van der Waals surface area (Å²) >= 11 is 0. The van der Waals surface area contributed by atoms with Gasteiger partial charge in [-0.1, -0.05) is 56.7 Å². The molecule has 0 bridgehead atoms. The third kappa shape index (κ3) is 5.13. The van der Waals surface area contributed by atoms with Crippen molar-refractivity contribution >= 4 is 6.08 Å². The van der Waals surface area contributed by atoms with Crippen molar-refractivity contribution in [3.63, 3.8) is 0 Å². The molecule has 1 heteroatoms. The van der Waals surface area contributed by atoms with Crippen molar-refractivity contribution in [2.24, 2.45) is 0 Å². The predicted octanol–water partition coefficient (Wildman–Crippen LogP) is 3.65. The standard InChI is InChI=1S/C15H23N/c1-3-8-14-10-7-11-15(13-14)9-5-6-12-16-4-2/h5,7,9-11,13,16H,3-4,6,8,12H2,1-2H3/b9-5+. The van der Waals surface area contributed by atoms with Gasteiger partial charge in [0.15, 0.2) is 0 Å². The highest BCUT2D eigenvalue weighted by molar-refractivity contribution is 5.50. The molecular weight excluding hydrogens is 194 g/mol. The molecule has 0 aromatic heterocycles. The molecule has 0 aliphatic rings. The Labute approximate surface area is 99.6 Å². The van der Waals surface area contributed by atoms with Crippen LogP contribution in [-0.2, 0) is 6.42 Å². The number of benzene rings is 1. The van der Waals surface area contributed by atoms with Gasteiger partial charge in [0.25, 0.3) is 0 Å². The molecule has 88 valence electrons. The molecule has 1 aromatic rings. The molecule has 0 aliphatic heterocycles. The van der Waals surface area contributed by atoms with E-state index in [1.807, 2.05) is 0 Å². The lowest BCUT2D eigenvalue weighted by atomic mass is 10.1. The van der Waals surface area contributed by atoms with Gasteiger partial charge in [0, 0.05) is 0 Å². The number of hydrogen-bond acceptors (Lipinski definition) is 1. The summed E-state index contributed by atoms with van der Waals surface area (Å²) in [6.07, 6.45) is 7.96. The Morgan fingerprint density at radius 1 is 1.25 bits per heavy atom. The summed E-state index contributed by atoms with van der Waals surface area (Å²) in [4.78, 5) is 0. The molecule has 0 atom stereocenters. The molecule has 16 heavy (non-hydrogen) atoms. The van der Waals surface area contributed by atoms with Crippen molar-refractivity contribution in [1.29, 1.82) is 0 Å². The summed E-state index contributed by atoms with van der Waals surface area (Å²) in [5.74, 6) is 0. The maximum absolute atomic E-state index is 3.31. The predicted molar refractivity (Wildman–Crippen MR) is 72.6 cm³/mol. The fourth-order valence-electron chi connectivity index (χ4n) is 1.72. The van der Waals surface area contributed by atoms with Gasteiger partial charge in [-0.2, -0.15) is 0 Å². The molecule has 0 spiro atoms. The van der Waals surface area contributed by atoms with Crippen LogP contribution >= 0.6 is 0 Å². The van der Waals surface area contributed by atoms with Crippen molar-refractivity contribution in [1.82, 2.24) is 5.32 Å². The van der Waals surface area contributed by atoms with Crippen molar-refractivity contribution in [3.8, 4) is 0 Å². The summed E-state index contributed by atoms with van der Waals surface area (Å²) in [6.45, 7) is 6.48. The Bertz CT molecular complexity index is 315. The minimum absolute atomic E-state index is 1.06. The van der Waals surface area contributed by atoms with Gasteiger partial charge in [-0.3, -0.25) is 0 Å².